The molecular formula is C10H7F2NO. The molecule has 0 atom stereocenters. The standard InChI is InChI=1S/C10H7F2NO/c1-5(14)7-4-13-10-3-9(12)8(11)2-6(7)10/h2-4,13H,1H3. The molecule has 1 aromatic carbocycles. The minimum Gasteiger partial charge on any atom is -0.360 e. The highest BCUT2D eigenvalue weighted by Gasteiger charge is 2.11. The van der Waals surface area contributed by atoms with Gasteiger partial charge < -0.3 is 4.98 Å². The molecule has 2 nitrogen and oxygen atoms in total. The third-order valence-corrected chi connectivity index (χ3v) is 2.10. The Morgan fingerprint density at radius 3 is 2.57 bits per heavy atom. The number of hydrogen-bond acceptors (Lipinski definition) is 1. The van der Waals surface area contributed by atoms with Crippen LogP contribution in [-0.4, -0.2) is 10.8 Å². The lowest BCUT2D eigenvalue weighted by Crippen LogP contribution is -1.90. The third-order valence-electron chi connectivity index (χ3n) is 2.10. The summed E-state index contributed by atoms with van der Waals surface area (Å²) in [4.78, 5) is 13.8. The van der Waals surface area contributed by atoms with Crippen molar-refractivity contribution in [2.45, 2.75) is 6.92 Å². The Kier molecular flexibility index (Phi) is 1.84. The molecule has 1 N–H and O–H groups in total. The van der Waals surface area contributed by atoms with Crippen LogP contribution in [0.1, 0.15) is 17.3 Å². The van der Waals surface area contributed by atoms with Crippen LogP contribution in [0.15, 0.2) is 18.3 Å². The number of carbonyl (C=O) groups excluding carboxylic acids is 1. The van der Waals surface area contributed by atoms with Crippen LogP contribution < -0.4 is 0 Å². The molecule has 0 bridgehead atoms. The Labute approximate surface area is 78.5 Å². The first-order chi connectivity index (χ1) is 6.59. The van der Waals surface area contributed by atoms with Gasteiger partial charge in [0.1, 0.15) is 0 Å². The minimum atomic E-state index is -0.945. The van der Waals surface area contributed by atoms with Crippen LogP contribution in [-0.2, 0) is 0 Å². The van der Waals surface area contributed by atoms with Crippen LogP contribution in [0.25, 0.3) is 10.9 Å². The Hall–Kier alpha value is -1.71. The number of carbonyl (C=O) groups is 1. The first-order valence-corrected chi connectivity index (χ1v) is 4.06. The summed E-state index contributed by atoms with van der Waals surface area (Å²) in [5.41, 5.74) is 0.799. The van der Waals surface area contributed by atoms with E-state index in [-0.39, 0.29) is 5.78 Å². The Balaban J connectivity index is 2.80. The van der Waals surface area contributed by atoms with Gasteiger partial charge in [-0.1, -0.05) is 0 Å². The van der Waals surface area contributed by atoms with Crippen LogP contribution in [0.3, 0.4) is 0 Å². The van der Waals surface area contributed by atoms with Gasteiger partial charge >= 0.3 is 0 Å². The van der Waals surface area contributed by atoms with Crippen LogP contribution in [0, 0.1) is 11.6 Å². The highest BCUT2D eigenvalue weighted by Crippen LogP contribution is 2.21. The number of aromatic amines is 1. The van der Waals surface area contributed by atoms with Gasteiger partial charge in [0, 0.05) is 28.7 Å². The van der Waals surface area contributed by atoms with E-state index in [1.807, 2.05) is 0 Å². The molecule has 14 heavy (non-hydrogen) atoms. The predicted octanol–water partition coefficient (Wildman–Crippen LogP) is 2.65. The topological polar surface area (TPSA) is 32.9 Å². The molecule has 0 saturated carbocycles. The van der Waals surface area contributed by atoms with E-state index in [4.69, 9.17) is 0 Å². The van der Waals surface area contributed by atoms with Gasteiger partial charge in [0.2, 0.25) is 0 Å². The van der Waals surface area contributed by atoms with E-state index in [1.165, 1.54) is 13.1 Å². The summed E-state index contributed by atoms with van der Waals surface area (Å²) in [5.74, 6) is -2.05. The smallest absolute Gasteiger partial charge is 0.161 e. The van der Waals surface area contributed by atoms with Crippen molar-refractivity contribution < 1.29 is 13.6 Å². The lowest BCUT2D eigenvalue weighted by atomic mass is 10.1. The number of nitrogens with one attached hydrogen (secondary N) is 1. The Morgan fingerprint density at radius 1 is 1.29 bits per heavy atom. The number of rotatable bonds is 1. The molecule has 0 fully saturated rings. The molecule has 2 aromatic rings. The van der Waals surface area contributed by atoms with Gasteiger partial charge in [0.05, 0.1) is 0 Å². The predicted molar refractivity (Wildman–Crippen MR) is 48.2 cm³/mol. The van der Waals surface area contributed by atoms with Crippen molar-refractivity contribution >= 4 is 16.7 Å². The zero-order valence-electron chi connectivity index (χ0n) is 7.40. The summed E-state index contributed by atoms with van der Waals surface area (Å²) in [5, 5.41) is 0.413. The number of H-pyrrole nitrogens is 1. The fraction of sp³-hybridized carbons (Fsp3) is 0.100. The quantitative estimate of drug-likeness (QED) is 0.697. The van der Waals surface area contributed by atoms with Gasteiger partial charge in [-0.25, -0.2) is 8.78 Å². The van der Waals surface area contributed by atoms with Crippen LogP contribution >= 0.6 is 0 Å². The Bertz CT molecular complexity index is 516. The molecule has 0 spiro atoms. The molecule has 1 heterocycles. The van der Waals surface area contributed by atoms with Crippen molar-refractivity contribution in [3.05, 3.63) is 35.5 Å². The van der Waals surface area contributed by atoms with E-state index in [1.54, 1.807) is 0 Å². The van der Waals surface area contributed by atoms with E-state index in [0.29, 0.717) is 16.5 Å². The molecule has 4 heteroatoms. The number of hydrogen-bond donors (Lipinski definition) is 1. The molecule has 0 aliphatic heterocycles. The SMILES string of the molecule is CC(=O)c1c[nH]c2cc(F)c(F)cc12. The zero-order chi connectivity index (χ0) is 10.3. The van der Waals surface area contributed by atoms with Crippen molar-refractivity contribution in [1.82, 2.24) is 4.98 Å². The summed E-state index contributed by atoms with van der Waals surface area (Å²) in [6.07, 6.45) is 1.45. The van der Waals surface area contributed by atoms with E-state index in [9.17, 15) is 13.6 Å². The zero-order valence-corrected chi connectivity index (χ0v) is 7.40. The highest BCUT2D eigenvalue weighted by atomic mass is 19.2. The van der Waals surface area contributed by atoms with Crippen LogP contribution in [0.5, 0.6) is 0 Å². The van der Waals surface area contributed by atoms with Crippen molar-refractivity contribution in [2.24, 2.45) is 0 Å². The molecule has 72 valence electrons. The van der Waals surface area contributed by atoms with Crippen molar-refractivity contribution in [3.8, 4) is 0 Å². The van der Waals surface area contributed by atoms with Gasteiger partial charge in [-0.15, -0.1) is 0 Å². The van der Waals surface area contributed by atoms with Crippen molar-refractivity contribution in [1.29, 1.82) is 0 Å². The Morgan fingerprint density at radius 2 is 1.93 bits per heavy atom. The number of halogens is 2. The van der Waals surface area contributed by atoms with Crippen molar-refractivity contribution in [2.75, 3.05) is 0 Å². The van der Waals surface area contributed by atoms with E-state index >= 15 is 0 Å². The second kappa shape index (κ2) is 2.90. The molecule has 2 rings (SSSR count). The minimum absolute atomic E-state index is 0.178. The maximum Gasteiger partial charge on any atom is 0.161 e. The van der Waals surface area contributed by atoms with E-state index < -0.39 is 11.6 Å². The van der Waals surface area contributed by atoms with Gasteiger partial charge in [0.15, 0.2) is 17.4 Å². The summed E-state index contributed by atoms with van der Waals surface area (Å²) in [6.45, 7) is 1.38. The molecule has 0 aliphatic carbocycles. The largest absolute Gasteiger partial charge is 0.360 e. The van der Waals surface area contributed by atoms with E-state index in [2.05, 4.69) is 4.98 Å². The third kappa shape index (κ3) is 1.19. The van der Waals surface area contributed by atoms with Gasteiger partial charge in [-0.2, -0.15) is 0 Å². The molecule has 0 unspecified atom stereocenters. The average molecular weight is 195 g/mol. The second-order valence-corrected chi connectivity index (χ2v) is 3.07. The maximum atomic E-state index is 12.9. The first-order valence-electron chi connectivity index (χ1n) is 4.06. The molecule has 0 aliphatic rings. The van der Waals surface area contributed by atoms with Crippen molar-refractivity contribution in [3.63, 3.8) is 0 Å². The number of benzene rings is 1. The number of Topliss-reactive ketones (excluding diaryl/α,β-unsaturated/α-hetero) is 1. The molecule has 0 amide bonds. The molecular weight excluding hydrogens is 188 g/mol. The number of fused-ring (bicyclic) bond motifs is 1. The lowest BCUT2D eigenvalue weighted by Gasteiger charge is -1.95. The summed E-state index contributed by atoms with van der Waals surface area (Å²) in [6, 6.07) is 2.06. The summed E-state index contributed by atoms with van der Waals surface area (Å²) in [7, 11) is 0. The van der Waals surface area contributed by atoms with Gasteiger partial charge in [-0.3, -0.25) is 4.79 Å². The number of ketones is 1. The lowest BCUT2D eigenvalue weighted by molar-refractivity contribution is 0.101. The maximum absolute atomic E-state index is 12.9. The van der Waals surface area contributed by atoms with E-state index in [0.717, 1.165) is 12.1 Å². The van der Waals surface area contributed by atoms with Gasteiger partial charge in [-0.05, 0) is 13.0 Å². The number of aromatic nitrogens is 1. The summed E-state index contributed by atoms with van der Waals surface area (Å²) >= 11 is 0. The van der Waals surface area contributed by atoms with Crippen LogP contribution in [0.2, 0.25) is 0 Å². The molecule has 1 aromatic heterocycles. The molecule has 0 saturated heterocycles. The van der Waals surface area contributed by atoms with Crippen LogP contribution in [0.4, 0.5) is 8.78 Å². The summed E-state index contributed by atoms with van der Waals surface area (Å²) < 4.78 is 25.6. The highest BCUT2D eigenvalue weighted by molar-refractivity contribution is 6.06. The average Bonchev–Trinajstić information content (AvgIpc) is 2.48. The molecule has 0 radical (unpaired) electrons. The second-order valence-electron chi connectivity index (χ2n) is 3.07. The normalized spacial score (nSPS) is 10.8. The fourth-order valence-corrected chi connectivity index (χ4v) is 1.41. The fourth-order valence-electron chi connectivity index (χ4n) is 1.41. The first kappa shape index (κ1) is 8.87. The van der Waals surface area contributed by atoms with Gasteiger partial charge in [0.25, 0.3) is 0 Å². The monoisotopic (exact) mass is 195 g/mol.